The van der Waals surface area contributed by atoms with E-state index in [-0.39, 0.29) is 12.4 Å². The molecule has 1 aromatic carbocycles. The van der Waals surface area contributed by atoms with E-state index < -0.39 is 0 Å². The Hall–Kier alpha value is -1.45. The highest BCUT2D eigenvalue weighted by Crippen LogP contribution is 2.23. The van der Waals surface area contributed by atoms with Gasteiger partial charge in [-0.25, -0.2) is 0 Å². The summed E-state index contributed by atoms with van der Waals surface area (Å²) in [4.78, 5) is 2.37. The summed E-state index contributed by atoms with van der Waals surface area (Å²) in [6.45, 7) is 4.85. The second-order valence-corrected chi connectivity index (χ2v) is 5.36. The molecule has 2 fully saturated rings. The maximum Gasteiger partial charge on any atom is 0.159 e. The molecule has 2 heterocycles. The molecule has 3 rings (SSSR count). The third-order valence-electron chi connectivity index (χ3n) is 3.91. The van der Waals surface area contributed by atoms with Crippen molar-refractivity contribution in [3.05, 3.63) is 35.4 Å². The van der Waals surface area contributed by atoms with Gasteiger partial charge in [0, 0.05) is 26.1 Å². The lowest BCUT2D eigenvalue weighted by Gasteiger charge is -2.33. The van der Waals surface area contributed by atoms with Crippen molar-refractivity contribution in [2.45, 2.75) is 18.8 Å². The number of nitriles is 1. The van der Waals surface area contributed by atoms with Crippen molar-refractivity contribution in [3.8, 4) is 6.07 Å². The number of hydrogen-bond donors (Lipinski definition) is 0. The van der Waals surface area contributed by atoms with Crippen molar-refractivity contribution in [2.24, 2.45) is 0 Å². The molecule has 0 amide bonds. The molecule has 0 unspecified atom stereocenters. The second-order valence-electron chi connectivity index (χ2n) is 5.36. The molecule has 1 atom stereocenters. The van der Waals surface area contributed by atoms with E-state index in [1.165, 1.54) is 0 Å². The number of morpholine rings is 1. The zero-order valence-electron chi connectivity index (χ0n) is 12.0. The Bertz CT molecular complexity index is 508. The van der Waals surface area contributed by atoms with E-state index in [4.69, 9.17) is 19.5 Å². The Labute approximate surface area is 125 Å². The standard InChI is InChI=1S/C16H20N2O3/c17-11-13-2-1-3-14(10-13)15-12-18(6-7-19-15)5-4-16-20-8-9-21-16/h1-3,10,15-16H,4-9,12H2/t15-/m1/s1. The SMILES string of the molecule is N#Cc1cccc([C@H]2CN(CCC3OCCO3)CCO2)c1. The van der Waals surface area contributed by atoms with Crippen LogP contribution in [0, 0.1) is 11.3 Å². The van der Waals surface area contributed by atoms with Crippen molar-refractivity contribution in [1.29, 1.82) is 5.26 Å². The molecule has 0 aromatic heterocycles. The zero-order chi connectivity index (χ0) is 14.5. The summed E-state index contributed by atoms with van der Waals surface area (Å²) in [6.07, 6.45) is 0.885. The number of benzene rings is 1. The van der Waals surface area contributed by atoms with Gasteiger partial charge in [0.15, 0.2) is 6.29 Å². The third-order valence-corrected chi connectivity index (χ3v) is 3.91. The van der Waals surface area contributed by atoms with E-state index in [2.05, 4.69) is 11.0 Å². The molecule has 0 radical (unpaired) electrons. The molecule has 0 spiro atoms. The maximum atomic E-state index is 8.99. The van der Waals surface area contributed by atoms with E-state index in [0.29, 0.717) is 25.4 Å². The number of nitrogens with zero attached hydrogens (tertiary/aromatic N) is 2. The first-order chi connectivity index (χ1) is 10.3. The Morgan fingerprint density at radius 1 is 1.19 bits per heavy atom. The molecule has 0 saturated carbocycles. The van der Waals surface area contributed by atoms with Crippen molar-refractivity contribution in [3.63, 3.8) is 0 Å². The average molecular weight is 288 g/mol. The number of ether oxygens (including phenoxy) is 3. The lowest BCUT2D eigenvalue weighted by molar-refractivity contribution is -0.0673. The third kappa shape index (κ3) is 3.80. The van der Waals surface area contributed by atoms with Crippen LogP contribution in [0.1, 0.15) is 23.7 Å². The van der Waals surface area contributed by atoms with Gasteiger partial charge in [-0.05, 0) is 17.7 Å². The van der Waals surface area contributed by atoms with Crippen LogP contribution >= 0.6 is 0 Å². The van der Waals surface area contributed by atoms with Crippen LogP contribution in [0.4, 0.5) is 0 Å². The molecule has 2 saturated heterocycles. The molecular weight excluding hydrogens is 268 g/mol. The van der Waals surface area contributed by atoms with Gasteiger partial charge < -0.3 is 14.2 Å². The van der Waals surface area contributed by atoms with Gasteiger partial charge in [-0.15, -0.1) is 0 Å². The van der Waals surface area contributed by atoms with Crippen molar-refractivity contribution in [1.82, 2.24) is 4.90 Å². The highest BCUT2D eigenvalue weighted by Gasteiger charge is 2.24. The first kappa shape index (κ1) is 14.5. The Morgan fingerprint density at radius 3 is 2.86 bits per heavy atom. The molecular formula is C16H20N2O3. The van der Waals surface area contributed by atoms with Crippen LogP contribution in [0.3, 0.4) is 0 Å². The first-order valence-electron chi connectivity index (χ1n) is 7.42. The van der Waals surface area contributed by atoms with Crippen LogP contribution in [-0.2, 0) is 14.2 Å². The van der Waals surface area contributed by atoms with Crippen LogP contribution in [0.5, 0.6) is 0 Å². The molecule has 0 bridgehead atoms. The molecule has 0 N–H and O–H groups in total. The van der Waals surface area contributed by atoms with Gasteiger partial charge in [-0.2, -0.15) is 5.26 Å². The lowest BCUT2D eigenvalue weighted by Crippen LogP contribution is -2.39. The normalized spacial score (nSPS) is 24.0. The van der Waals surface area contributed by atoms with Gasteiger partial charge in [-0.1, -0.05) is 12.1 Å². The molecule has 112 valence electrons. The quantitative estimate of drug-likeness (QED) is 0.844. The average Bonchev–Trinajstić information content (AvgIpc) is 3.07. The molecule has 0 aliphatic carbocycles. The van der Waals surface area contributed by atoms with Gasteiger partial charge in [0.25, 0.3) is 0 Å². The van der Waals surface area contributed by atoms with E-state index in [9.17, 15) is 0 Å². The van der Waals surface area contributed by atoms with Crippen molar-refractivity contribution >= 4 is 0 Å². The predicted octanol–water partition coefficient (Wildman–Crippen LogP) is 1.69. The smallest absolute Gasteiger partial charge is 0.159 e. The molecule has 5 nitrogen and oxygen atoms in total. The van der Waals surface area contributed by atoms with Crippen LogP contribution in [0.25, 0.3) is 0 Å². The minimum atomic E-state index is -0.0480. The summed E-state index contributed by atoms with van der Waals surface area (Å²) in [5, 5.41) is 8.99. The first-order valence-corrected chi connectivity index (χ1v) is 7.42. The largest absolute Gasteiger partial charge is 0.371 e. The summed E-state index contributed by atoms with van der Waals surface area (Å²) in [7, 11) is 0. The fourth-order valence-corrected chi connectivity index (χ4v) is 2.78. The second kappa shape index (κ2) is 7.01. The van der Waals surface area contributed by atoms with E-state index in [0.717, 1.165) is 31.6 Å². The van der Waals surface area contributed by atoms with Gasteiger partial charge in [-0.3, -0.25) is 4.90 Å². The van der Waals surface area contributed by atoms with Crippen molar-refractivity contribution in [2.75, 3.05) is 39.5 Å². The van der Waals surface area contributed by atoms with Crippen LogP contribution in [0.15, 0.2) is 24.3 Å². The van der Waals surface area contributed by atoms with E-state index in [1.807, 2.05) is 24.3 Å². The summed E-state index contributed by atoms with van der Waals surface area (Å²) < 4.78 is 16.8. The summed E-state index contributed by atoms with van der Waals surface area (Å²) in [5.74, 6) is 0. The monoisotopic (exact) mass is 288 g/mol. The van der Waals surface area contributed by atoms with Crippen LogP contribution < -0.4 is 0 Å². The van der Waals surface area contributed by atoms with Gasteiger partial charge in [0.2, 0.25) is 0 Å². The topological polar surface area (TPSA) is 54.7 Å². The van der Waals surface area contributed by atoms with E-state index in [1.54, 1.807) is 0 Å². The van der Waals surface area contributed by atoms with Crippen LogP contribution in [0.2, 0.25) is 0 Å². The maximum absolute atomic E-state index is 8.99. The minimum absolute atomic E-state index is 0.0393. The van der Waals surface area contributed by atoms with E-state index >= 15 is 0 Å². The molecule has 2 aliphatic heterocycles. The fraction of sp³-hybridized carbons (Fsp3) is 0.562. The summed E-state index contributed by atoms with van der Waals surface area (Å²) >= 11 is 0. The predicted molar refractivity (Wildman–Crippen MR) is 76.6 cm³/mol. The number of hydrogen-bond acceptors (Lipinski definition) is 5. The van der Waals surface area contributed by atoms with Crippen LogP contribution in [-0.4, -0.2) is 50.6 Å². The van der Waals surface area contributed by atoms with Gasteiger partial charge in [0.1, 0.15) is 0 Å². The summed E-state index contributed by atoms with van der Waals surface area (Å²) in [5.41, 5.74) is 1.76. The summed E-state index contributed by atoms with van der Waals surface area (Å²) in [6, 6.07) is 9.85. The number of rotatable bonds is 4. The van der Waals surface area contributed by atoms with Crippen molar-refractivity contribution < 1.29 is 14.2 Å². The minimum Gasteiger partial charge on any atom is -0.371 e. The molecule has 5 heteroatoms. The zero-order valence-corrected chi connectivity index (χ0v) is 12.0. The Kier molecular flexibility index (Phi) is 4.84. The van der Waals surface area contributed by atoms with Gasteiger partial charge >= 0.3 is 0 Å². The molecule has 21 heavy (non-hydrogen) atoms. The highest BCUT2D eigenvalue weighted by molar-refractivity contribution is 5.34. The Balaban J connectivity index is 1.56. The fourth-order valence-electron chi connectivity index (χ4n) is 2.78. The highest BCUT2D eigenvalue weighted by atomic mass is 16.7. The molecule has 2 aliphatic rings. The van der Waals surface area contributed by atoms with Gasteiger partial charge in [0.05, 0.1) is 37.6 Å². The molecule has 1 aromatic rings. The Morgan fingerprint density at radius 2 is 2.05 bits per heavy atom. The lowest BCUT2D eigenvalue weighted by atomic mass is 10.0.